The van der Waals surface area contributed by atoms with Gasteiger partial charge in [-0.2, -0.15) is 0 Å². The monoisotopic (exact) mass is 577 g/mol. The van der Waals surface area contributed by atoms with Crippen LogP contribution in [0, 0.1) is 0 Å². The molecule has 2 amide bonds. The molecule has 5 rings (SSSR count). The summed E-state index contributed by atoms with van der Waals surface area (Å²) in [6.07, 6.45) is 7.14. The Kier molecular flexibility index (Phi) is 11.0. The van der Waals surface area contributed by atoms with E-state index in [1.165, 1.54) is 32.3 Å². The number of unbranched alkanes of at least 4 members (excludes halogenated alkanes) is 1. The highest BCUT2D eigenvalue weighted by Crippen LogP contribution is 2.35. The molecule has 2 aliphatic heterocycles. The smallest absolute Gasteiger partial charge is 0.319 e. The number of benzene rings is 2. The highest BCUT2D eigenvalue weighted by atomic mass is 16.5. The van der Waals surface area contributed by atoms with E-state index in [0.29, 0.717) is 30.5 Å². The number of fused-ring (bicyclic) bond motifs is 1. The van der Waals surface area contributed by atoms with E-state index >= 15 is 0 Å². The maximum absolute atomic E-state index is 12.3. The summed E-state index contributed by atoms with van der Waals surface area (Å²) in [7, 11) is 1.63. The molecule has 11 heteroatoms. The molecular weight excluding hydrogens is 534 g/mol. The lowest BCUT2D eigenvalue weighted by atomic mass is 10.2. The van der Waals surface area contributed by atoms with Gasteiger partial charge in [-0.15, -0.1) is 0 Å². The molecular formula is C31H43N7O4. The summed E-state index contributed by atoms with van der Waals surface area (Å²) in [6, 6.07) is 11.2. The molecule has 42 heavy (non-hydrogen) atoms. The molecule has 2 aliphatic rings. The molecule has 0 spiro atoms. The predicted molar refractivity (Wildman–Crippen MR) is 165 cm³/mol. The Morgan fingerprint density at radius 1 is 0.905 bits per heavy atom. The molecule has 226 valence electrons. The normalized spacial score (nSPS) is 15.9. The number of nitrogens with one attached hydrogen (secondary N) is 3. The zero-order valence-corrected chi connectivity index (χ0v) is 24.6. The average Bonchev–Trinajstić information content (AvgIpc) is 3.54. The SMILES string of the molecule is COc1cc2ncnc(Nc3ccc(NC(=O)NCCCCN4CCCC4)cc3)c2cc1OCCCN1CCOCC1. The van der Waals surface area contributed by atoms with Gasteiger partial charge in [0, 0.05) is 49.0 Å². The minimum atomic E-state index is -0.190. The number of methoxy groups -OCH3 is 1. The number of carbonyl (C=O) groups is 1. The van der Waals surface area contributed by atoms with Crippen molar-refractivity contribution in [1.82, 2.24) is 25.1 Å². The van der Waals surface area contributed by atoms with Crippen molar-refractivity contribution in [3.05, 3.63) is 42.7 Å². The standard InChI is InChI=1S/C31H43N7O4/c1-40-28-22-27-26(21-29(28)42-18-6-15-38-16-19-41-20-17-38)30(34-23-33-27)35-24-7-9-25(10-8-24)36-31(39)32-11-2-3-12-37-13-4-5-14-37/h7-10,21-23H,2-6,11-20H2,1H3,(H2,32,36,39)(H,33,34,35). The van der Waals surface area contributed by atoms with E-state index in [9.17, 15) is 4.79 Å². The molecule has 0 saturated carbocycles. The average molecular weight is 578 g/mol. The number of nitrogens with zero attached hydrogens (tertiary/aromatic N) is 4. The minimum absolute atomic E-state index is 0.190. The van der Waals surface area contributed by atoms with Crippen LogP contribution in [-0.4, -0.2) is 98.5 Å². The van der Waals surface area contributed by atoms with E-state index in [4.69, 9.17) is 14.2 Å². The number of rotatable bonds is 14. The van der Waals surface area contributed by atoms with Crippen LogP contribution in [0.3, 0.4) is 0 Å². The van der Waals surface area contributed by atoms with Crippen molar-refractivity contribution in [2.75, 3.05) is 83.4 Å². The second-order valence-corrected chi connectivity index (χ2v) is 10.7. The quantitative estimate of drug-likeness (QED) is 0.239. The van der Waals surface area contributed by atoms with Gasteiger partial charge in [0.05, 0.1) is 32.4 Å². The minimum Gasteiger partial charge on any atom is -0.493 e. The molecule has 0 bridgehead atoms. The van der Waals surface area contributed by atoms with Gasteiger partial charge < -0.3 is 35.1 Å². The van der Waals surface area contributed by atoms with Crippen molar-refractivity contribution in [2.24, 2.45) is 0 Å². The number of urea groups is 1. The molecule has 2 aromatic carbocycles. The third-order valence-electron chi connectivity index (χ3n) is 7.69. The Hall–Kier alpha value is -3.67. The van der Waals surface area contributed by atoms with Crippen molar-refractivity contribution >= 4 is 34.1 Å². The second kappa shape index (κ2) is 15.5. The Balaban J connectivity index is 1.12. The summed E-state index contributed by atoms with van der Waals surface area (Å²) < 4.78 is 17.1. The zero-order valence-electron chi connectivity index (χ0n) is 24.6. The van der Waals surface area contributed by atoms with Gasteiger partial charge in [0.15, 0.2) is 11.5 Å². The molecule has 0 atom stereocenters. The van der Waals surface area contributed by atoms with E-state index < -0.39 is 0 Å². The van der Waals surface area contributed by atoms with Crippen LogP contribution < -0.4 is 25.4 Å². The molecule has 0 aliphatic carbocycles. The molecule has 2 fully saturated rings. The first-order chi connectivity index (χ1) is 20.7. The summed E-state index contributed by atoms with van der Waals surface area (Å²) in [6.45, 7) is 9.30. The van der Waals surface area contributed by atoms with Crippen molar-refractivity contribution in [3.63, 3.8) is 0 Å². The Bertz CT molecular complexity index is 1280. The number of carbonyl (C=O) groups excluding carboxylic acids is 1. The number of ether oxygens (including phenoxy) is 3. The summed E-state index contributed by atoms with van der Waals surface area (Å²) in [4.78, 5) is 26.1. The number of hydrogen-bond acceptors (Lipinski definition) is 9. The van der Waals surface area contributed by atoms with Crippen LogP contribution in [0.5, 0.6) is 11.5 Å². The fourth-order valence-electron chi connectivity index (χ4n) is 5.35. The second-order valence-electron chi connectivity index (χ2n) is 10.7. The van der Waals surface area contributed by atoms with Crippen LogP contribution in [0.4, 0.5) is 22.0 Å². The third kappa shape index (κ3) is 8.67. The molecule has 1 aromatic heterocycles. The summed E-state index contributed by atoms with van der Waals surface area (Å²) in [5.74, 6) is 1.96. The molecule has 3 N–H and O–H groups in total. The van der Waals surface area contributed by atoms with E-state index in [1.54, 1.807) is 7.11 Å². The van der Waals surface area contributed by atoms with Crippen molar-refractivity contribution in [2.45, 2.75) is 32.1 Å². The topological polar surface area (TPSA) is 113 Å². The first-order valence-corrected chi connectivity index (χ1v) is 15.1. The Morgan fingerprint density at radius 3 is 2.43 bits per heavy atom. The van der Waals surface area contributed by atoms with Crippen LogP contribution in [0.25, 0.3) is 10.9 Å². The lowest BCUT2D eigenvalue weighted by Gasteiger charge is -2.26. The van der Waals surface area contributed by atoms with Crippen LogP contribution in [0.1, 0.15) is 32.1 Å². The number of aromatic nitrogens is 2. The van der Waals surface area contributed by atoms with Crippen molar-refractivity contribution in [3.8, 4) is 11.5 Å². The molecule has 2 saturated heterocycles. The van der Waals surface area contributed by atoms with E-state index in [2.05, 4.69) is 35.7 Å². The molecule has 3 aromatic rings. The summed E-state index contributed by atoms with van der Waals surface area (Å²) in [5.41, 5.74) is 2.31. The molecule has 3 heterocycles. The Morgan fingerprint density at radius 2 is 1.64 bits per heavy atom. The van der Waals surface area contributed by atoms with Gasteiger partial charge in [0.25, 0.3) is 0 Å². The molecule has 11 nitrogen and oxygen atoms in total. The number of morpholine rings is 1. The summed E-state index contributed by atoms with van der Waals surface area (Å²) >= 11 is 0. The maximum Gasteiger partial charge on any atom is 0.319 e. The molecule has 0 radical (unpaired) electrons. The van der Waals surface area contributed by atoms with Gasteiger partial charge >= 0.3 is 6.03 Å². The van der Waals surface area contributed by atoms with Gasteiger partial charge in [-0.3, -0.25) is 4.90 Å². The van der Waals surface area contributed by atoms with Crippen molar-refractivity contribution < 1.29 is 19.0 Å². The first kappa shape index (κ1) is 29.8. The lowest BCUT2D eigenvalue weighted by Crippen LogP contribution is -2.37. The van der Waals surface area contributed by atoms with Gasteiger partial charge in [-0.1, -0.05) is 0 Å². The van der Waals surface area contributed by atoms with Gasteiger partial charge in [-0.05, 0) is 82.1 Å². The molecule has 0 unspecified atom stereocenters. The lowest BCUT2D eigenvalue weighted by molar-refractivity contribution is 0.0357. The van der Waals surface area contributed by atoms with Crippen molar-refractivity contribution in [1.29, 1.82) is 0 Å². The van der Waals surface area contributed by atoms with Crippen LogP contribution in [0.15, 0.2) is 42.7 Å². The van der Waals surface area contributed by atoms with E-state index in [1.807, 2.05) is 36.4 Å². The number of likely N-dealkylation sites (tertiary alicyclic amines) is 1. The van der Waals surface area contributed by atoms with Gasteiger partial charge in [0.1, 0.15) is 12.1 Å². The first-order valence-electron chi connectivity index (χ1n) is 15.1. The largest absolute Gasteiger partial charge is 0.493 e. The highest BCUT2D eigenvalue weighted by molar-refractivity contribution is 5.93. The van der Waals surface area contributed by atoms with E-state index in [0.717, 1.165) is 80.9 Å². The van der Waals surface area contributed by atoms with Gasteiger partial charge in [0.2, 0.25) is 0 Å². The van der Waals surface area contributed by atoms with Crippen LogP contribution >= 0.6 is 0 Å². The summed E-state index contributed by atoms with van der Waals surface area (Å²) in [5, 5.41) is 10.1. The fourth-order valence-corrected chi connectivity index (χ4v) is 5.35. The van der Waals surface area contributed by atoms with Crippen LogP contribution in [-0.2, 0) is 4.74 Å². The number of hydrogen-bond donors (Lipinski definition) is 3. The van der Waals surface area contributed by atoms with E-state index in [-0.39, 0.29) is 6.03 Å². The maximum atomic E-state index is 12.3. The number of amides is 2. The van der Waals surface area contributed by atoms with Crippen LogP contribution in [0.2, 0.25) is 0 Å². The predicted octanol–water partition coefficient (Wildman–Crippen LogP) is 4.48. The highest BCUT2D eigenvalue weighted by Gasteiger charge is 2.14. The fraction of sp³-hybridized carbons (Fsp3) is 0.516. The third-order valence-corrected chi connectivity index (χ3v) is 7.69. The number of anilines is 3. The Labute approximate surface area is 247 Å². The van der Waals surface area contributed by atoms with Gasteiger partial charge in [-0.25, -0.2) is 14.8 Å². The zero-order chi connectivity index (χ0) is 29.0.